The van der Waals surface area contributed by atoms with Crippen molar-refractivity contribution < 1.29 is 13.2 Å². The second kappa shape index (κ2) is 7.23. The van der Waals surface area contributed by atoms with E-state index >= 15 is 0 Å². The SMILES string of the molecule is FC(F)(F)C1=CC(c2cc(Nc3cccnc3)n3ncc(Br)c3n2)C=CC=C1. The molecular weight excluding hydrogens is 435 g/mol. The predicted octanol–water partition coefficient (Wildman–Crippen LogP) is 5.33. The number of alkyl halides is 3. The number of nitrogens with zero attached hydrogens (tertiary/aromatic N) is 4. The molecule has 0 fully saturated rings. The molecule has 3 heterocycles. The third-order valence-electron chi connectivity index (χ3n) is 4.12. The van der Waals surface area contributed by atoms with E-state index in [1.807, 2.05) is 6.07 Å². The lowest BCUT2D eigenvalue weighted by molar-refractivity contribution is -0.0884. The fourth-order valence-electron chi connectivity index (χ4n) is 2.82. The molecule has 0 aliphatic heterocycles. The van der Waals surface area contributed by atoms with Crippen LogP contribution in [0.5, 0.6) is 0 Å². The lowest BCUT2D eigenvalue weighted by Crippen LogP contribution is -2.11. The Labute approximate surface area is 166 Å². The number of anilines is 2. The molecule has 0 saturated heterocycles. The summed E-state index contributed by atoms with van der Waals surface area (Å²) >= 11 is 3.39. The molecule has 1 atom stereocenters. The molecule has 4 rings (SSSR count). The standard InChI is InChI=1S/C19H13BrF3N5/c20-15-11-25-28-17(26-14-6-3-7-24-10-14)9-16(27-18(15)28)12-4-1-2-5-13(8-12)19(21,22)23/h1-12,26H. The predicted molar refractivity (Wildman–Crippen MR) is 103 cm³/mol. The maximum Gasteiger partial charge on any atom is 0.416 e. The maximum absolute atomic E-state index is 13.2. The summed E-state index contributed by atoms with van der Waals surface area (Å²) in [6, 6.07) is 5.29. The van der Waals surface area contributed by atoms with Gasteiger partial charge in [0, 0.05) is 18.2 Å². The number of pyridine rings is 1. The highest BCUT2D eigenvalue weighted by Gasteiger charge is 2.33. The van der Waals surface area contributed by atoms with E-state index in [-0.39, 0.29) is 0 Å². The number of allylic oxidation sites excluding steroid dienone is 6. The van der Waals surface area contributed by atoms with Crippen LogP contribution >= 0.6 is 15.9 Å². The first-order valence-corrected chi connectivity index (χ1v) is 9.06. The van der Waals surface area contributed by atoms with E-state index in [1.54, 1.807) is 47.4 Å². The number of fused-ring (bicyclic) bond motifs is 1. The highest BCUT2D eigenvalue weighted by atomic mass is 79.9. The van der Waals surface area contributed by atoms with E-state index in [9.17, 15) is 13.2 Å². The lowest BCUT2D eigenvalue weighted by Gasteiger charge is -2.14. The van der Waals surface area contributed by atoms with Gasteiger partial charge in [-0.25, -0.2) is 4.98 Å². The molecule has 1 aliphatic carbocycles. The van der Waals surface area contributed by atoms with Gasteiger partial charge in [0.1, 0.15) is 5.82 Å². The Bertz CT molecular complexity index is 1100. The number of aromatic nitrogens is 4. The van der Waals surface area contributed by atoms with E-state index in [0.29, 0.717) is 21.6 Å². The monoisotopic (exact) mass is 447 g/mol. The zero-order valence-corrected chi connectivity index (χ0v) is 15.8. The fraction of sp³-hybridized carbons (Fsp3) is 0.105. The highest BCUT2D eigenvalue weighted by Crippen LogP contribution is 2.33. The van der Waals surface area contributed by atoms with Gasteiger partial charge in [0.05, 0.1) is 33.8 Å². The quantitative estimate of drug-likeness (QED) is 0.589. The number of halogens is 4. The average Bonchev–Trinajstić information content (AvgIpc) is 2.89. The zero-order chi connectivity index (χ0) is 19.7. The molecule has 0 spiro atoms. The largest absolute Gasteiger partial charge is 0.416 e. The third kappa shape index (κ3) is 3.70. The van der Waals surface area contributed by atoms with Gasteiger partial charge in [-0.3, -0.25) is 4.98 Å². The van der Waals surface area contributed by atoms with Crippen LogP contribution in [-0.4, -0.2) is 25.8 Å². The molecule has 0 bridgehead atoms. The van der Waals surface area contributed by atoms with Crippen LogP contribution in [-0.2, 0) is 0 Å². The van der Waals surface area contributed by atoms with Crippen molar-refractivity contribution in [3.63, 3.8) is 0 Å². The van der Waals surface area contributed by atoms with E-state index in [4.69, 9.17) is 0 Å². The summed E-state index contributed by atoms with van der Waals surface area (Å²) in [7, 11) is 0. The molecule has 0 saturated carbocycles. The van der Waals surface area contributed by atoms with Gasteiger partial charge >= 0.3 is 6.18 Å². The van der Waals surface area contributed by atoms with Crippen molar-refractivity contribution >= 4 is 33.1 Å². The van der Waals surface area contributed by atoms with Gasteiger partial charge in [-0.05, 0) is 28.1 Å². The van der Waals surface area contributed by atoms with E-state index in [1.165, 1.54) is 6.08 Å². The van der Waals surface area contributed by atoms with Crippen molar-refractivity contribution in [2.75, 3.05) is 5.32 Å². The van der Waals surface area contributed by atoms with Crippen LogP contribution in [0.1, 0.15) is 11.6 Å². The minimum atomic E-state index is -4.43. The summed E-state index contributed by atoms with van der Waals surface area (Å²) in [6.45, 7) is 0. The van der Waals surface area contributed by atoms with Crippen LogP contribution in [0.2, 0.25) is 0 Å². The highest BCUT2D eigenvalue weighted by molar-refractivity contribution is 9.10. The molecule has 0 aromatic carbocycles. The Morgan fingerprint density at radius 1 is 1.18 bits per heavy atom. The number of hydrogen-bond donors (Lipinski definition) is 1. The number of rotatable bonds is 3. The zero-order valence-electron chi connectivity index (χ0n) is 14.2. The second-order valence-corrected chi connectivity index (χ2v) is 6.90. The van der Waals surface area contributed by atoms with Crippen LogP contribution < -0.4 is 5.32 Å². The summed E-state index contributed by atoms with van der Waals surface area (Å²) in [4.78, 5) is 8.58. The van der Waals surface area contributed by atoms with Crippen molar-refractivity contribution in [3.05, 3.63) is 82.9 Å². The van der Waals surface area contributed by atoms with Gasteiger partial charge in [-0.15, -0.1) is 0 Å². The molecule has 5 nitrogen and oxygen atoms in total. The van der Waals surface area contributed by atoms with Gasteiger partial charge in [0.25, 0.3) is 0 Å². The van der Waals surface area contributed by atoms with Crippen molar-refractivity contribution in [2.24, 2.45) is 0 Å². The first kappa shape index (κ1) is 18.4. The molecule has 0 radical (unpaired) electrons. The normalized spacial score (nSPS) is 16.9. The summed E-state index contributed by atoms with van der Waals surface area (Å²) in [6.07, 6.45) is 7.30. The van der Waals surface area contributed by atoms with Crippen molar-refractivity contribution in [3.8, 4) is 0 Å². The average molecular weight is 448 g/mol. The molecule has 142 valence electrons. The minimum absolute atomic E-state index is 0.460. The van der Waals surface area contributed by atoms with E-state index in [2.05, 4.69) is 36.3 Å². The molecule has 1 unspecified atom stereocenters. The van der Waals surface area contributed by atoms with Crippen LogP contribution in [0.15, 0.2) is 77.2 Å². The molecule has 28 heavy (non-hydrogen) atoms. The van der Waals surface area contributed by atoms with E-state index in [0.717, 1.165) is 17.8 Å². The first-order valence-electron chi connectivity index (χ1n) is 8.27. The summed E-state index contributed by atoms with van der Waals surface area (Å²) in [5.41, 5.74) is 0.967. The van der Waals surface area contributed by atoms with Crippen molar-refractivity contribution in [2.45, 2.75) is 12.1 Å². The van der Waals surface area contributed by atoms with Crippen molar-refractivity contribution in [1.29, 1.82) is 0 Å². The molecule has 3 aromatic rings. The summed E-state index contributed by atoms with van der Waals surface area (Å²) in [5.74, 6) is -0.0841. The van der Waals surface area contributed by atoms with Gasteiger partial charge < -0.3 is 5.32 Å². The second-order valence-electron chi connectivity index (χ2n) is 6.05. The van der Waals surface area contributed by atoms with E-state index < -0.39 is 17.7 Å². The lowest BCUT2D eigenvalue weighted by atomic mass is 10.0. The molecule has 9 heteroatoms. The first-order chi connectivity index (χ1) is 13.4. The third-order valence-corrected chi connectivity index (χ3v) is 4.68. The van der Waals surface area contributed by atoms with Crippen LogP contribution in [0.25, 0.3) is 5.65 Å². The van der Waals surface area contributed by atoms with Gasteiger partial charge in [-0.2, -0.15) is 22.8 Å². The van der Waals surface area contributed by atoms with Crippen LogP contribution in [0.3, 0.4) is 0 Å². The number of hydrogen-bond acceptors (Lipinski definition) is 4. The van der Waals surface area contributed by atoms with Crippen molar-refractivity contribution in [1.82, 2.24) is 19.6 Å². The molecule has 1 aliphatic rings. The smallest absolute Gasteiger partial charge is 0.339 e. The molecular formula is C19H13BrF3N5. The summed E-state index contributed by atoms with van der Waals surface area (Å²) in [5, 5.41) is 7.46. The molecule has 1 N–H and O–H groups in total. The Kier molecular flexibility index (Phi) is 4.76. The van der Waals surface area contributed by atoms with Gasteiger partial charge in [-0.1, -0.05) is 30.4 Å². The van der Waals surface area contributed by atoms with Gasteiger partial charge in [0.2, 0.25) is 0 Å². The minimum Gasteiger partial charge on any atom is -0.339 e. The fourth-order valence-corrected chi connectivity index (χ4v) is 3.17. The van der Waals surface area contributed by atoms with Crippen LogP contribution in [0, 0.1) is 0 Å². The Morgan fingerprint density at radius 2 is 2.04 bits per heavy atom. The van der Waals surface area contributed by atoms with Gasteiger partial charge in [0.15, 0.2) is 5.65 Å². The number of nitrogens with one attached hydrogen (secondary N) is 1. The topological polar surface area (TPSA) is 55.1 Å². The molecule has 0 amide bonds. The Balaban J connectivity index is 1.82. The summed E-state index contributed by atoms with van der Waals surface area (Å²) < 4.78 is 41.9. The Hall–Kier alpha value is -2.94. The van der Waals surface area contributed by atoms with Crippen LogP contribution in [0.4, 0.5) is 24.7 Å². The Morgan fingerprint density at radius 3 is 2.79 bits per heavy atom. The molecule has 3 aromatic heterocycles. The maximum atomic E-state index is 13.2.